The second-order valence-corrected chi connectivity index (χ2v) is 8.90. The summed E-state index contributed by atoms with van der Waals surface area (Å²) in [6, 6.07) is 8.63. The molecule has 1 aliphatic heterocycles. The van der Waals surface area contributed by atoms with Gasteiger partial charge < -0.3 is 20.9 Å². The summed E-state index contributed by atoms with van der Waals surface area (Å²) in [6.07, 6.45) is 0.837. The minimum atomic E-state index is -1.29. The van der Waals surface area contributed by atoms with Crippen molar-refractivity contribution in [1.82, 2.24) is 9.13 Å². The van der Waals surface area contributed by atoms with Crippen LogP contribution in [0.3, 0.4) is 0 Å². The van der Waals surface area contributed by atoms with Gasteiger partial charge >= 0.3 is 5.69 Å². The van der Waals surface area contributed by atoms with Crippen LogP contribution in [0.5, 0.6) is 11.5 Å². The van der Waals surface area contributed by atoms with Gasteiger partial charge in [0.2, 0.25) is 0 Å². The number of nitrogens with zero attached hydrogens (tertiary/aromatic N) is 2. The van der Waals surface area contributed by atoms with E-state index in [0.29, 0.717) is 29.8 Å². The van der Waals surface area contributed by atoms with E-state index in [4.69, 9.17) is 10.5 Å². The monoisotopic (exact) mass is 464 g/mol. The molecule has 4 N–H and O–H groups in total. The zero-order valence-electron chi connectivity index (χ0n) is 19.9. The highest BCUT2D eigenvalue weighted by Gasteiger charge is 2.41. The molecule has 0 fully saturated rings. The Kier molecular flexibility index (Phi) is 5.51. The van der Waals surface area contributed by atoms with Gasteiger partial charge in [0.05, 0.1) is 5.69 Å². The Hall–Kier alpha value is -4.01. The molecule has 4 rings (SSSR count). The van der Waals surface area contributed by atoms with Crippen molar-refractivity contribution >= 4 is 17.4 Å². The molecule has 2 heterocycles. The van der Waals surface area contributed by atoms with E-state index in [1.165, 1.54) is 11.6 Å². The molecule has 0 bridgehead atoms. The van der Waals surface area contributed by atoms with Gasteiger partial charge in [0.15, 0.2) is 5.60 Å². The summed E-state index contributed by atoms with van der Waals surface area (Å²) in [7, 11) is 1.33. The van der Waals surface area contributed by atoms with Crippen molar-refractivity contribution in [2.24, 2.45) is 7.05 Å². The molecule has 1 aromatic heterocycles. The third kappa shape index (κ3) is 3.44. The number of phenols is 1. The lowest BCUT2D eigenvalue weighted by molar-refractivity contribution is -0.131. The maximum atomic E-state index is 13.4. The Morgan fingerprint density at radius 1 is 1.12 bits per heavy atom. The number of amides is 1. The van der Waals surface area contributed by atoms with Crippen molar-refractivity contribution in [2.75, 3.05) is 11.1 Å². The Balaban J connectivity index is 1.75. The van der Waals surface area contributed by atoms with Gasteiger partial charge in [-0.2, -0.15) is 0 Å². The lowest BCUT2D eigenvalue weighted by atomic mass is 9.86. The Labute approximate surface area is 196 Å². The average molecular weight is 465 g/mol. The van der Waals surface area contributed by atoms with E-state index in [9.17, 15) is 19.5 Å². The van der Waals surface area contributed by atoms with Gasteiger partial charge in [-0.25, -0.2) is 9.36 Å². The number of aromatic nitrogens is 2. The van der Waals surface area contributed by atoms with Crippen LogP contribution in [0.25, 0.3) is 5.69 Å². The summed E-state index contributed by atoms with van der Waals surface area (Å²) in [5.41, 5.74) is 6.91. The zero-order chi connectivity index (χ0) is 24.9. The van der Waals surface area contributed by atoms with Crippen LogP contribution in [0.4, 0.5) is 11.5 Å². The molecule has 178 valence electrons. The van der Waals surface area contributed by atoms with Gasteiger partial charge in [0.1, 0.15) is 23.0 Å². The highest BCUT2D eigenvalue weighted by molar-refractivity contribution is 5.99. The van der Waals surface area contributed by atoms with Crippen LogP contribution >= 0.6 is 0 Å². The van der Waals surface area contributed by atoms with E-state index in [0.717, 1.165) is 21.3 Å². The fourth-order valence-electron chi connectivity index (χ4n) is 4.33. The second-order valence-electron chi connectivity index (χ2n) is 8.90. The van der Waals surface area contributed by atoms with Gasteiger partial charge in [0, 0.05) is 19.0 Å². The number of benzene rings is 2. The first-order chi connectivity index (χ1) is 16.0. The van der Waals surface area contributed by atoms with Gasteiger partial charge in [-0.3, -0.25) is 14.2 Å². The van der Waals surface area contributed by atoms with E-state index in [2.05, 4.69) is 5.32 Å². The third-order valence-electron chi connectivity index (χ3n) is 6.75. The minimum Gasteiger partial charge on any atom is -0.507 e. The van der Waals surface area contributed by atoms with Crippen LogP contribution in [0.15, 0.2) is 39.9 Å². The van der Waals surface area contributed by atoms with Gasteiger partial charge in [-0.05, 0) is 62.9 Å². The first kappa shape index (κ1) is 23.2. The highest BCUT2D eigenvalue weighted by Crippen LogP contribution is 2.43. The smallest absolute Gasteiger partial charge is 0.337 e. The van der Waals surface area contributed by atoms with Crippen molar-refractivity contribution in [3.63, 3.8) is 0 Å². The predicted molar refractivity (Wildman–Crippen MR) is 130 cm³/mol. The number of phenolic OH excluding ortho intramolecular Hbond substituents is 1. The van der Waals surface area contributed by atoms with Crippen LogP contribution in [-0.2, 0) is 18.3 Å². The standard InChI is InChI=1S/C25H28N4O5/c1-13-14(2)20-17(15(3)19(13)30)11-12-25(4,34-20)23(32)27-18-21(26)29(16-9-7-6-8-10-16)24(33)28(5)22(18)31/h6-10,30H,11-12,26H2,1-5H3,(H,27,32)/t25-/m0/s1. The van der Waals surface area contributed by atoms with Crippen molar-refractivity contribution in [1.29, 1.82) is 0 Å². The van der Waals surface area contributed by atoms with Crippen molar-refractivity contribution in [3.05, 3.63) is 73.4 Å². The lowest BCUT2D eigenvalue weighted by Gasteiger charge is -2.36. The van der Waals surface area contributed by atoms with E-state index < -0.39 is 22.8 Å². The molecular weight excluding hydrogens is 436 g/mol. The Morgan fingerprint density at radius 2 is 1.76 bits per heavy atom. The second kappa shape index (κ2) is 8.09. The molecule has 0 unspecified atom stereocenters. The number of hydrogen-bond acceptors (Lipinski definition) is 6. The molecule has 1 aliphatic rings. The molecule has 9 nitrogen and oxygen atoms in total. The number of fused-ring (bicyclic) bond motifs is 1. The summed E-state index contributed by atoms with van der Waals surface area (Å²) in [5, 5.41) is 13.0. The van der Waals surface area contributed by atoms with Crippen LogP contribution in [0.1, 0.15) is 35.6 Å². The number of rotatable bonds is 3. The van der Waals surface area contributed by atoms with Crippen molar-refractivity contribution < 1.29 is 14.6 Å². The number of carbonyl (C=O) groups excluding carboxylic acids is 1. The maximum absolute atomic E-state index is 13.4. The average Bonchev–Trinajstić information content (AvgIpc) is 2.83. The molecular formula is C25H28N4O5. The van der Waals surface area contributed by atoms with Crippen LogP contribution in [0.2, 0.25) is 0 Å². The Bertz CT molecular complexity index is 1440. The molecule has 9 heteroatoms. The molecule has 0 radical (unpaired) electrons. The number of para-hydroxylation sites is 1. The number of aromatic hydroxyl groups is 1. The Morgan fingerprint density at radius 3 is 2.41 bits per heavy atom. The lowest BCUT2D eigenvalue weighted by Crippen LogP contribution is -2.50. The molecule has 0 saturated heterocycles. The number of anilines is 2. The van der Waals surface area contributed by atoms with Crippen molar-refractivity contribution in [2.45, 2.75) is 46.1 Å². The largest absolute Gasteiger partial charge is 0.507 e. The number of hydrogen-bond donors (Lipinski definition) is 3. The van der Waals surface area contributed by atoms with Crippen LogP contribution < -0.4 is 27.0 Å². The normalized spacial score (nSPS) is 17.1. The molecule has 34 heavy (non-hydrogen) atoms. The fraction of sp³-hybridized carbons (Fsp3) is 0.320. The summed E-state index contributed by atoms with van der Waals surface area (Å²) < 4.78 is 8.29. The summed E-state index contributed by atoms with van der Waals surface area (Å²) >= 11 is 0. The van der Waals surface area contributed by atoms with E-state index in [1.807, 2.05) is 13.8 Å². The first-order valence-corrected chi connectivity index (χ1v) is 11.0. The molecule has 0 aliphatic carbocycles. The van der Waals surface area contributed by atoms with E-state index >= 15 is 0 Å². The molecule has 3 aromatic rings. The quantitative estimate of drug-likeness (QED) is 0.546. The van der Waals surface area contributed by atoms with Gasteiger partial charge in [-0.15, -0.1) is 0 Å². The van der Waals surface area contributed by atoms with E-state index in [1.54, 1.807) is 44.2 Å². The fourth-order valence-corrected chi connectivity index (χ4v) is 4.33. The molecule has 0 spiro atoms. The summed E-state index contributed by atoms with van der Waals surface area (Å²) in [4.78, 5) is 39.1. The summed E-state index contributed by atoms with van der Waals surface area (Å²) in [5.74, 6) is 0.0717. The molecule has 1 amide bonds. The molecule has 2 aromatic carbocycles. The number of nitrogens with two attached hydrogens (primary N) is 1. The predicted octanol–water partition coefficient (Wildman–Crippen LogP) is 2.47. The number of carbonyl (C=O) groups is 1. The SMILES string of the molecule is Cc1c(C)c2c(c(C)c1O)CC[C@@](C)(C(=O)Nc1c(N)n(-c3ccccc3)c(=O)n(C)c1=O)O2. The minimum absolute atomic E-state index is 0.166. The highest BCUT2D eigenvalue weighted by atomic mass is 16.5. The topological polar surface area (TPSA) is 129 Å². The van der Waals surface area contributed by atoms with E-state index in [-0.39, 0.29) is 17.3 Å². The molecule has 0 saturated carbocycles. The van der Waals surface area contributed by atoms with Gasteiger partial charge in [0.25, 0.3) is 11.5 Å². The first-order valence-electron chi connectivity index (χ1n) is 11.0. The number of nitrogen functional groups attached to an aromatic ring is 1. The summed E-state index contributed by atoms with van der Waals surface area (Å²) in [6.45, 7) is 7.10. The number of nitrogens with one attached hydrogen (secondary N) is 1. The maximum Gasteiger partial charge on any atom is 0.337 e. The van der Waals surface area contributed by atoms with Gasteiger partial charge in [-0.1, -0.05) is 18.2 Å². The zero-order valence-corrected chi connectivity index (χ0v) is 19.9. The van der Waals surface area contributed by atoms with Crippen molar-refractivity contribution in [3.8, 4) is 17.2 Å². The van der Waals surface area contributed by atoms with Crippen LogP contribution in [0, 0.1) is 20.8 Å². The van der Waals surface area contributed by atoms with Crippen LogP contribution in [-0.4, -0.2) is 25.7 Å². The molecule has 1 atom stereocenters. The number of ether oxygens (including phenoxy) is 1. The third-order valence-corrected chi connectivity index (χ3v) is 6.75.